The fourth-order valence-electron chi connectivity index (χ4n) is 8.89. The Morgan fingerprint density at radius 3 is 2.21 bits per heavy atom. The average molecular weight is 695 g/mol. The first-order valence-corrected chi connectivity index (χ1v) is 18.7. The van der Waals surface area contributed by atoms with E-state index in [1.165, 1.54) is 5.56 Å². The quantitative estimate of drug-likeness (QED) is 0.0982. The number of hydrogen-bond donors (Lipinski definition) is 1. The number of benzene rings is 4. The average Bonchev–Trinajstić information content (AvgIpc) is 3.72. The van der Waals surface area contributed by atoms with Crippen molar-refractivity contribution >= 4 is 23.5 Å². The first kappa shape index (κ1) is 34.1. The van der Waals surface area contributed by atoms with E-state index in [2.05, 4.69) is 47.4 Å². The normalized spacial score (nSPS) is 23.9. The van der Waals surface area contributed by atoms with Gasteiger partial charge in [0.1, 0.15) is 18.1 Å². The van der Waals surface area contributed by atoms with Crippen molar-refractivity contribution in [3.63, 3.8) is 0 Å². The molecule has 3 fully saturated rings. The molecule has 52 heavy (non-hydrogen) atoms. The van der Waals surface area contributed by atoms with Crippen LogP contribution in [0.1, 0.15) is 48.8 Å². The van der Waals surface area contributed by atoms with Crippen LogP contribution in [0.25, 0.3) is 11.6 Å². The Hall–Kier alpha value is -4.98. The molecule has 0 unspecified atom stereocenters. The lowest BCUT2D eigenvalue weighted by atomic mass is 9.69. The van der Waals surface area contributed by atoms with Gasteiger partial charge >= 0.3 is 0 Å². The van der Waals surface area contributed by atoms with Crippen LogP contribution in [0.3, 0.4) is 0 Å². The van der Waals surface area contributed by atoms with Crippen LogP contribution in [0.2, 0.25) is 0 Å². The first-order valence-electron chi connectivity index (χ1n) is 18.7. The molecule has 1 aliphatic carbocycles. The SMILES string of the molecule is O=C1[C@@H]2[C@@H](CC(COc3ccccc3)=C3[C@@H](CC/C(=C/c4ccccc4O)c4ccccc4)OC[C@@H]32)C(=O)N1C1CCN(Cc2ccccc2)CC1. The minimum Gasteiger partial charge on any atom is -0.507 e. The van der Waals surface area contributed by atoms with Crippen molar-refractivity contribution in [2.45, 2.75) is 50.8 Å². The van der Waals surface area contributed by atoms with Crippen molar-refractivity contribution in [2.24, 2.45) is 17.8 Å². The number of amides is 2. The number of allylic oxidation sites excluding steroid dienone is 1. The fourth-order valence-corrected chi connectivity index (χ4v) is 8.89. The van der Waals surface area contributed by atoms with E-state index in [0.717, 1.165) is 66.1 Å². The molecule has 0 bridgehead atoms. The van der Waals surface area contributed by atoms with Gasteiger partial charge in [-0.15, -0.1) is 0 Å². The Morgan fingerprint density at radius 1 is 0.808 bits per heavy atom. The lowest BCUT2D eigenvalue weighted by Gasteiger charge is -2.36. The number of rotatable bonds is 11. The second kappa shape index (κ2) is 15.3. The van der Waals surface area contributed by atoms with Gasteiger partial charge in [-0.05, 0) is 84.2 Å². The molecular formula is C45H46N2O5. The predicted molar refractivity (Wildman–Crippen MR) is 202 cm³/mol. The van der Waals surface area contributed by atoms with Crippen molar-refractivity contribution < 1.29 is 24.2 Å². The molecule has 3 heterocycles. The van der Waals surface area contributed by atoms with Crippen LogP contribution in [0, 0.1) is 17.8 Å². The molecule has 8 rings (SSSR count). The van der Waals surface area contributed by atoms with E-state index < -0.39 is 5.92 Å². The number of phenolic OH excluding ortho intramolecular Hbond substituents is 1. The summed E-state index contributed by atoms with van der Waals surface area (Å²) in [6, 6.07) is 37.8. The number of carbonyl (C=O) groups excluding carboxylic acids is 2. The van der Waals surface area contributed by atoms with E-state index in [9.17, 15) is 14.7 Å². The molecule has 0 saturated carbocycles. The summed E-state index contributed by atoms with van der Waals surface area (Å²) in [5.41, 5.74) is 6.47. The van der Waals surface area contributed by atoms with Gasteiger partial charge in [-0.25, -0.2) is 0 Å². The number of carbonyl (C=O) groups is 2. The topological polar surface area (TPSA) is 79.3 Å². The Kier molecular flexibility index (Phi) is 10.1. The largest absolute Gasteiger partial charge is 0.507 e. The standard InChI is InChI=1S/C45H46N2O5/c48-40-19-11-10-16-34(40)26-33(32-14-6-2-7-15-32)20-21-41-42-35(29-51-37-17-8-3-9-18-37)27-38-43(39(42)30-52-41)45(50)47(44(38)49)36-22-24-46(25-23-36)28-31-12-4-1-5-13-31/h1-19,26,36,38-39,41,43,48H,20-25,27-30H2/b33-26-/t38-,39+,41-,43-/m1/s1. The van der Waals surface area contributed by atoms with Crippen LogP contribution in [-0.4, -0.2) is 65.2 Å². The minimum atomic E-state index is -0.402. The minimum absolute atomic E-state index is 0.0179. The monoisotopic (exact) mass is 694 g/mol. The van der Waals surface area contributed by atoms with Gasteiger partial charge in [0.25, 0.3) is 0 Å². The van der Waals surface area contributed by atoms with Crippen LogP contribution in [0.15, 0.2) is 126 Å². The maximum Gasteiger partial charge on any atom is 0.234 e. The number of piperidine rings is 1. The highest BCUT2D eigenvalue weighted by molar-refractivity contribution is 6.06. The Labute approximate surface area is 306 Å². The number of imide groups is 1. The molecule has 7 nitrogen and oxygen atoms in total. The van der Waals surface area contributed by atoms with Crippen molar-refractivity contribution in [2.75, 3.05) is 26.3 Å². The number of phenols is 1. The number of para-hydroxylation sites is 2. The molecule has 0 radical (unpaired) electrons. The van der Waals surface area contributed by atoms with E-state index >= 15 is 0 Å². The molecule has 2 amide bonds. The number of nitrogens with zero attached hydrogens (tertiary/aromatic N) is 2. The van der Waals surface area contributed by atoms with E-state index in [4.69, 9.17) is 9.47 Å². The number of aromatic hydroxyl groups is 1. The lowest BCUT2D eigenvalue weighted by molar-refractivity contribution is -0.144. The summed E-state index contributed by atoms with van der Waals surface area (Å²) in [4.78, 5) is 32.7. The molecule has 266 valence electrons. The summed E-state index contributed by atoms with van der Waals surface area (Å²) in [7, 11) is 0. The van der Waals surface area contributed by atoms with E-state index in [1.54, 1.807) is 11.0 Å². The molecule has 7 heteroatoms. The second-order valence-electron chi connectivity index (χ2n) is 14.6. The molecular weight excluding hydrogens is 649 g/mol. The molecule has 3 aliphatic heterocycles. The molecule has 4 aliphatic rings. The van der Waals surface area contributed by atoms with Crippen molar-refractivity contribution in [3.05, 3.63) is 143 Å². The highest BCUT2D eigenvalue weighted by Gasteiger charge is 2.58. The van der Waals surface area contributed by atoms with E-state index in [1.807, 2.05) is 72.8 Å². The number of hydrogen-bond acceptors (Lipinski definition) is 6. The molecule has 0 spiro atoms. The lowest BCUT2D eigenvalue weighted by Crippen LogP contribution is -2.47. The molecule has 4 aromatic rings. The Balaban J connectivity index is 1.03. The van der Waals surface area contributed by atoms with Crippen molar-refractivity contribution in [1.82, 2.24) is 9.80 Å². The maximum atomic E-state index is 14.4. The summed E-state index contributed by atoms with van der Waals surface area (Å²) in [5, 5.41) is 10.6. The van der Waals surface area contributed by atoms with Gasteiger partial charge < -0.3 is 14.6 Å². The number of fused-ring (bicyclic) bond motifs is 3. The zero-order chi connectivity index (χ0) is 35.4. The van der Waals surface area contributed by atoms with Gasteiger partial charge in [-0.1, -0.05) is 97.1 Å². The van der Waals surface area contributed by atoms with Gasteiger partial charge in [0.2, 0.25) is 11.8 Å². The summed E-state index contributed by atoms with van der Waals surface area (Å²) >= 11 is 0. The molecule has 4 atom stereocenters. The van der Waals surface area contributed by atoms with Gasteiger partial charge in [0.05, 0.1) is 24.5 Å². The smallest absolute Gasteiger partial charge is 0.234 e. The van der Waals surface area contributed by atoms with Crippen LogP contribution in [0.5, 0.6) is 11.5 Å². The zero-order valence-electron chi connectivity index (χ0n) is 29.5. The summed E-state index contributed by atoms with van der Waals surface area (Å²) in [6.45, 7) is 3.38. The molecule has 4 aromatic carbocycles. The van der Waals surface area contributed by atoms with Gasteiger partial charge in [0, 0.05) is 37.2 Å². The van der Waals surface area contributed by atoms with E-state index in [0.29, 0.717) is 32.5 Å². The third-order valence-corrected chi connectivity index (χ3v) is 11.5. The van der Waals surface area contributed by atoms with E-state index in [-0.39, 0.29) is 41.5 Å². The van der Waals surface area contributed by atoms with Gasteiger partial charge in [-0.3, -0.25) is 19.4 Å². The first-order chi connectivity index (χ1) is 25.5. The van der Waals surface area contributed by atoms with Crippen LogP contribution in [-0.2, 0) is 20.9 Å². The van der Waals surface area contributed by atoms with Crippen molar-refractivity contribution in [3.8, 4) is 11.5 Å². The Morgan fingerprint density at radius 2 is 1.48 bits per heavy atom. The third-order valence-electron chi connectivity index (χ3n) is 11.5. The van der Waals surface area contributed by atoms with Crippen LogP contribution >= 0.6 is 0 Å². The molecule has 0 aromatic heterocycles. The highest BCUT2D eigenvalue weighted by atomic mass is 16.5. The van der Waals surface area contributed by atoms with Gasteiger partial charge in [0.15, 0.2) is 0 Å². The summed E-state index contributed by atoms with van der Waals surface area (Å²) in [5.74, 6) is 0.0376. The van der Waals surface area contributed by atoms with Gasteiger partial charge in [-0.2, -0.15) is 0 Å². The zero-order valence-corrected chi connectivity index (χ0v) is 29.5. The maximum absolute atomic E-state index is 14.4. The Bertz CT molecular complexity index is 1930. The van der Waals surface area contributed by atoms with Crippen LogP contribution < -0.4 is 4.74 Å². The van der Waals surface area contributed by atoms with Crippen molar-refractivity contribution in [1.29, 1.82) is 0 Å². The molecule has 1 N–H and O–H groups in total. The fraction of sp³-hybridized carbons (Fsp3) is 0.333. The highest BCUT2D eigenvalue weighted by Crippen LogP contribution is 2.51. The number of ether oxygens (including phenoxy) is 2. The summed E-state index contributed by atoms with van der Waals surface area (Å²) in [6.07, 6.45) is 5.38. The molecule has 3 saturated heterocycles. The second-order valence-corrected chi connectivity index (χ2v) is 14.6. The third kappa shape index (κ3) is 7.08. The predicted octanol–water partition coefficient (Wildman–Crippen LogP) is 7.77. The van der Waals surface area contributed by atoms with Crippen LogP contribution in [0.4, 0.5) is 0 Å². The number of likely N-dealkylation sites (tertiary alicyclic amines) is 2. The summed E-state index contributed by atoms with van der Waals surface area (Å²) < 4.78 is 12.9.